The molecule has 102 valence electrons. The molecule has 3 aromatic rings. The number of nitrogens with two attached hydrogens (primary N) is 1. The van der Waals surface area contributed by atoms with Gasteiger partial charge in [0.05, 0.1) is 16.4 Å². The van der Waals surface area contributed by atoms with E-state index >= 15 is 0 Å². The van der Waals surface area contributed by atoms with Crippen LogP contribution in [0.15, 0.2) is 42.2 Å². The maximum absolute atomic E-state index is 6.22. The number of nitrogens with zero attached hydrogens (tertiary/aromatic N) is 2. The number of benzene rings is 1. The van der Waals surface area contributed by atoms with Crippen LogP contribution in [0, 0.1) is 0 Å². The molecule has 5 heteroatoms. The first-order chi connectivity index (χ1) is 9.75. The first-order valence-corrected chi connectivity index (χ1v) is 7.39. The number of thiazole rings is 1. The first kappa shape index (κ1) is 12.9. The topological polar surface area (TPSA) is 63.8 Å². The highest BCUT2D eigenvalue weighted by Crippen LogP contribution is 2.28. The molecule has 0 fully saturated rings. The van der Waals surface area contributed by atoms with Gasteiger partial charge in [0.1, 0.15) is 0 Å². The third kappa shape index (κ3) is 2.44. The summed E-state index contributed by atoms with van der Waals surface area (Å²) in [5, 5.41) is 8.65. The number of fused-ring (bicyclic) bond motifs is 1. The van der Waals surface area contributed by atoms with Crippen molar-refractivity contribution in [3.63, 3.8) is 0 Å². The minimum atomic E-state index is 0.363. The zero-order valence-corrected chi connectivity index (χ0v) is 12.0. The van der Waals surface area contributed by atoms with Crippen LogP contribution in [0.2, 0.25) is 0 Å². The van der Waals surface area contributed by atoms with Gasteiger partial charge in [-0.25, -0.2) is 4.98 Å². The summed E-state index contributed by atoms with van der Waals surface area (Å²) in [7, 11) is 0. The van der Waals surface area contributed by atoms with Gasteiger partial charge in [0.25, 0.3) is 0 Å². The van der Waals surface area contributed by atoms with Crippen molar-refractivity contribution in [3.05, 3.63) is 47.2 Å². The molecule has 0 saturated carbocycles. The van der Waals surface area contributed by atoms with E-state index in [-0.39, 0.29) is 0 Å². The minimum absolute atomic E-state index is 0.363. The van der Waals surface area contributed by atoms with E-state index < -0.39 is 0 Å². The Morgan fingerprint density at radius 2 is 2.20 bits per heavy atom. The van der Waals surface area contributed by atoms with Crippen LogP contribution in [0.4, 0.5) is 11.4 Å². The molecule has 2 aromatic heterocycles. The third-order valence-electron chi connectivity index (χ3n) is 3.33. The number of anilines is 2. The van der Waals surface area contributed by atoms with Crippen molar-refractivity contribution in [2.24, 2.45) is 0 Å². The number of hydrogen-bond donors (Lipinski definition) is 2. The molecule has 0 amide bonds. The van der Waals surface area contributed by atoms with E-state index in [4.69, 9.17) is 5.73 Å². The number of pyridine rings is 1. The largest absolute Gasteiger partial charge is 0.397 e. The zero-order chi connectivity index (χ0) is 13.9. The van der Waals surface area contributed by atoms with Crippen LogP contribution in [0.3, 0.4) is 0 Å². The summed E-state index contributed by atoms with van der Waals surface area (Å²) >= 11 is 1.68. The predicted octanol–water partition coefficient (Wildman–Crippen LogP) is 3.49. The Balaban J connectivity index is 1.79. The Morgan fingerprint density at radius 3 is 3.00 bits per heavy atom. The van der Waals surface area contributed by atoms with Gasteiger partial charge in [0, 0.05) is 47.2 Å². The van der Waals surface area contributed by atoms with E-state index in [1.165, 1.54) is 0 Å². The fraction of sp³-hybridized carbons (Fsp3) is 0.200. The summed E-state index contributed by atoms with van der Waals surface area (Å²) in [6.45, 7) is 2.97. The van der Waals surface area contributed by atoms with E-state index in [0.717, 1.165) is 33.7 Å². The number of nitrogens with one attached hydrogen (secondary N) is 1. The Hall–Kier alpha value is -2.14. The fourth-order valence-electron chi connectivity index (χ4n) is 2.18. The second-order valence-electron chi connectivity index (χ2n) is 4.78. The molecule has 0 aliphatic heterocycles. The molecule has 0 aliphatic carbocycles. The lowest BCUT2D eigenvalue weighted by Crippen LogP contribution is -2.11. The lowest BCUT2D eigenvalue weighted by atomic mass is 10.1. The van der Waals surface area contributed by atoms with Crippen LogP contribution in [-0.4, -0.2) is 16.5 Å². The van der Waals surface area contributed by atoms with E-state index in [0.29, 0.717) is 5.92 Å². The summed E-state index contributed by atoms with van der Waals surface area (Å²) in [4.78, 5) is 8.45. The van der Waals surface area contributed by atoms with Crippen molar-refractivity contribution in [2.75, 3.05) is 17.6 Å². The summed E-state index contributed by atoms with van der Waals surface area (Å²) in [6.07, 6.45) is 5.43. The Labute approximate surface area is 121 Å². The number of hydrogen-bond acceptors (Lipinski definition) is 5. The number of rotatable bonds is 4. The van der Waals surface area contributed by atoms with Gasteiger partial charge in [-0.3, -0.25) is 4.98 Å². The molecule has 1 atom stereocenters. The van der Waals surface area contributed by atoms with Crippen molar-refractivity contribution in [2.45, 2.75) is 12.8 Å². The third-order valence-corrected chi connectivity index (χ3v) is 4.34. The molecule has 0 bridgehead atoms. The quantitative estimate of drug-likeness (QED) is 0.720. The lowest BCUT2D eigenvalue weighted by molar-refractivity contribution is 0.795. The van der Waals surface area contributed by atoms with Crippen molar-refractivity contribution in [1.29, 1.82) is 0 Å². The van der Waals surface area contributed by atoms with E-state index in [1.54, 1.807) is 17.5 Å². The van der Waals surface area contributed by atoms with Crippen molar-refractivity contribution in [3.8, 4) is 0 Å². The smallest absolute Gasteiger partial charge is 0.0970 e. The highest BCUT2D eigenvalue weighted by molar-refractivity contribution is 7.09. The fourth-order valence-corrected chi connectivity index (χ4v) is 2.87. The van der Waals surface area contributed by atoms with Crippen molar-refractivity contribution in [1.82, 2.24) is 9.97 Å². The monoisotopic (exact) mass is 284 g/mol. The molecule has 1 aromatic carbocycles. The SMILES string of the molecule is CC(CNc1ccc2cnccc2c1N)c1nccs1. The second-order valence-corrected chi connectivity index (χ2v) is 5.70. The molecule has 0 radical (unpaired) electrons. The van der Waals surface area contributed by atoms with Crippen LogP contribution in [0.1, 0.15) is 17.8 Å². The highest BCUT2D eigenvalue weighted by atomic mass is 32.1. The van der Waals surface area contributed by atoms with Gasteiger partial charge in [0.2, 0.25) is 0 Å². The summed E-state index contributed by atoms with van der Waals surface area (Å²) < 4.78 is 0. The van der Waals surface area contributed by atoms with Gasteiger partial charge >= 0.3 is 0 Å². The molecule has 0 saturated heterocycles. The zero-order valence-electron chi connectivity index (χ0n) is 11.2. The lowest BCUT2D eigenvalue weighted by Gasteiger charge is -2.14. The Morgan fingerprint density at radius 1 is 1.30 bits per heavy atom. The standard InChI is InChI=1S/C15H16N4S/c1-10(15-18-6-7-20-15)8-19-13-3-2-11-9-17-5-4-12(11)14(13)16/h2-7,9-10,19H,8,16H2,1H3. The highest BCUT2D eigenvalue weighted by Gasteiger charge is 2.09. The van der Waals surface area contributed by atoms with Gasteiger partial charge in [-0.2, -0.15) is 0 Å². The van der Waals surface area contributed by atoms with Gasteiger partial charge in [-0.1, -0.05) is 13.0 Å². The van der Waals surface area contributed by atoms with E-state index in [1.807, 2.05) is 36.0 Å². The second kappa shape index (κ2) is 5.46. The molecule has 3 rings (SSSR count). The van der Waals surface area contributed by atoms with Crippen LogP contribution in [0.5, 0.6) is 0 Å². The predicted molar refractivity (Wildman–Crippen MR) is 85.2 cm³/mol. The number of aromatic nitrogens is 2. The molecular formula is C15H16N4S. The maximum atomic E-state index is 6.22. The van der Waals surface area contributed by atoms with Crippen LogP contribution in [-0.2, 0) is 0 Å². The molecular weight excluding hydrogens is 268 g/mol. The molecule has 0 aliphatic rings. The van der Waals surface area contributed by atoms with Gasteiger partial charge in [-0.05, 0) is 12.1 Å². The molecule has 1 unspecified atom stereocenters. The average molecular weight is 284 g/mol. The molecule has 3 N–H and O–H groups in total. The van der Waals surface area contributed by atoms with Gasteiger partial charge < -0.3 is 11.1 Å². The van der Waals surface area contributed by atoms with E-state index in [9.17, 15) is 0 Å². The normalized spacial score (nSPS) is 12.4. The van der Waals surface area contributed by atoms with Crippen LogP contribution in [0.25, 0.3) is 10.8 Å². The summed E-state index contributed by atoms with van der Waals surface area (Å²) in [6, 6.07) is 5.99. The maximum Gasteiger partial charge on any atom is 0.0970 e. The molecule has 0 spiro atoms. The van der Waals surface area contributed by atoms with Crippen LogP contribution < -0.4 is 11.1 Å². The Kier molecular flexibility index (Phi) is 3.52. The first-order valence-electron chi connectivity index (χ1n) is 6.51. The minimum Gasteiger partial charge on any atom is -0.397 e. The molecule has 4 nitrogen and oxygen atoms in total. The Bertz CT molecular complexity index is 709. The molecule has 2 heterocycles. The van der Waals surface area contributed by atoms with E-state index in [2.05, 4.69) is 22.2 Å². The number of nitrogen functional groups attached to an aromatic ring is 1. The van der Waals surface area contributed by atoms with Crippen molar-refractivity contribution < 1.29 is 0 Å². The average Bonchev–Trinajstić information content (AvgIpc) is 3.01. The molecule has 20 heavy (non-hydrogen) atoms. The van der Waals surface area contributed by atoms with Gasteiger partial charge in [0.15, 0.2) is 0 Å². The summed E-state index contributed by atoms with van der Waals surface area (Å²) in [5.41, 5.74) is 7.96. The van der Waals surface area contributed by atoms with Crippen molar-refractivity contribution >= 4 is 33.5 Å². The summed E-state index contributed by atoms with van der Waals surface area (Å²) in [5.74, 6) is 0.363. The van der Waals surface area contributed by atoms with Crippen LogP contribution >= 0.6 is 11.3 Å². The van der Waals surface area contributed by atoms with Gasteiger partial charge in [-0.15, -0.1) is 11.3 Å².